The van der Waals surface area contributed by atoms with Crippen LogP contribution in [0.1, 0.15) is 5.56 Å². The van der Waals surface area contributed by atoms with Gasteiger partial charge in [0.1, 0.15) is 17.1 Å². The Hall–Kier alpha value is -3.72. The number of barbiturate groups is 1. The number of rotatable bonds is 5. The van der Waals surface area contributed by atoms with Crippen LogP contribution in [0, 0.1) is 5.82 Å². The number of aliphatic carboxylic acids is 1. The molecule has 0 saturated carbocycles. The third-order valence-electron chi connectivity index (χ3n) is 3.79. The van der Waals surface area contributed by atoms with E-state index in [1.54, 1.807) is 0 Å². The molecule has 0 aliphatic carbocycles. The fourth-order valence-corrected chi connectivity index (χ4v) is 2.78. The van der Waals surface area contributed by atoms with Gasteiger partial charge in [-0.15, -0.1) is 0 Å². The molecule has 2 aromatic rings. The Balaban J connectivity index is 1.92. The van der Waals surface area contributed by atoms with E-state index in [9.17, 15) is 23.6 Å². The van der Waals surface area contributed by atoms with Crippen LogP contribution in [0.25, 0.3) is 6.08 Å². The second kappa shape index (κ2) is 8.11. The summed E-state index contributed by atoms with van der Waals surface area (Å²) in [6.45, 7) is -0.592. The smallest absolute Gasteiger partial charge is 0.341 e. The summed E-state index contributed by atoms with van der Waals surface area (Å²) in [5.41, 5.74) is -0.0878. The summed E-state index contributed by atoms with van der Waals surface area (Å²) < 4.78 is 18.5. The van der Waals surface area contributed by atoms with Gasteiger partial charge in [-0.1, -0.05) is 23.7 Å². The van der Waals surface area contributed by atoms with Crippen molar-refractivity contribution in [3.05, 3.63) is 64.4 Å². The summed E-state index contributed by atoms with van der Waals surface area (Å²) in [7, 11) is 0. The van der Waals surface area contributed by atoms with Crippen LogP contribution in [0.5, 0.6) is 5.75 Å². The first-order chi connectivity index (χ1) is 13.8. The fourth-order valence-electron chi connectivity index (χ4n) is 2.54. The molecule has 0 aromatic heterocycles. The van der Waals surface area contributed by atoms with Crippen molar-refractivity contribution in [3.63, 3.8) is 0 Å². The number of hydrogen-bond donors (Lipinski definition) is 2. The minimum Gasteiger partial charge on any atom is -0.480 e. The molecule has 0 atom stereocenters. The number of carbonyl (C=O) groups excluding carboxylic acids is 3. The number of halogens is 2. The highest BCUT2D eigenvalue weighted by molar-refractivity contribution is 6.39. The number of ether oxygens (including phenoxy) is 1. The Bertz CT molecular complexity index is 1070. The number of nitrogens with zero attached hydrogens (tertiary/aromatic N) is 1. The molecule has 1 heterocycles. The molecule has 148 valence electrons. The predicted molar refractivity (Wildman–Crippen MR) is 100.0 cm³/mol. The number of hydrogen-bond acceptors (Lipinski definition) is 5. The lowest BCUT2D eigenvalue weighted by atomic mass is 10.1. The first kappa shape index (κ1) is 20.0. The number of urea groups is 1. The average molecular weight is 419 g/mol. The van der Waals surface area contributed by atoms with Crippen LogP contribution in [-0.4, -0.2) is 35.5 Å². The van der Waals surface area contributed by atoms with Gasteiger partial charge in [0.2, 0.25) is 0 Å². The third-order valence-corrected chi connectivity index (χ3v) is 4.08. The molecule has 2 aromatic carbocycles. The fraction of sp³-hybridized carbons (Fsp3) is 0.0526. The van der Waals surface area contributed by atoms with E-state index in [4.69, 9.17) is 21.4 Å². The van der Waals surface area contributed by atoms with Crippen molar-refractivity contribution in [2.45, 2.75) is 0 Å². The van der Waals surface area contributed by atoms with Crippen LogP contribution in [0.15, 0.2) is 48.0 Å². The molecular formula is C19H12ClFN2O6. The minimum absolute atomic E-state index is 0.0404. The molecule has 1 saturated heterocycles. The molecule has 10 heteroatoms. The number of amides is 4. The molecule has 3 rings (SSSR count). The number of anilines is 1. The number of imide groups is 2. The normalized spacial score (nSPS) is 15.4. The number of carbonyl (C=O) groups is 4. The van der Waals surface area contributed by atoms with E-state index in [1.807, 2.05) is 5.32 Å². The molecule has 0 bridgehead atoms. The van der Waals surface area contributed by atoms with Crippen LogP contribution < -0.4 is 15.0 Å². The lowest BCUT2D eigenvalue weighted by Crippen LogP contribution is -2.54. The minimum atomic E-state index is -1.18. The standard InChI is InChI=1S/C19H12ClFN2O6/c20-14-7-10(4-5-15(14)29-9-16(24)25)6-13-17(26)22-19(28)23(18(13)27)12-3-1-2-11(21)8-12/h1-8H,9H2,(H,24,25)(H,22,26,28)/b13-6+. The number of benzene rings is 2. The van der Waals surface area contributed by atoms with Gasteiger partial charge in [-0.05, 0) is 42.0 Å². The summed E-state index contributed by atoms with van der Waals surface area (Å²) >= 11 is 6.03. The van der Waals surface area contributed by atoms with E-state index in [0.29, 0.717) is 10.5 Å². The third kappa shape index (κ3) is 4.41. The van der Waals surface area contributed by atoms with Crippen molar-refractivity contribution in [2.75, 3.05) is 11.5 Å². The van der Waals surface area contributed by atoms with Crippen LogP contribution in [0.3, 0.4) is 0 Å². The van der Waals surface area contributed by atoms with Crippen molar-refractivity contribution >= 4 is 47.2 Å². The maximum absolute atomic E-state index is 13.5. The first-order valence-corrected chi connectivity index (χ1v) is 8.45. The van der Waals surface area contributed by atoms with Gasteiger partial charge in [0.25, 0.3) is 11.8 Å². The van der Waals surface area contributed by atoms with E-state index in [2.05, 4.69) is 0 Å². The van der Waals surface area contributed by atoms with Gasteiger partial charge in [0.15, 0.2) is 6.61 Å². The number of carboxylic acids is 1. The summed E-state index contributed by atoms with van der Waals surface area (Å²) in [5.74, 6) is -3.60. The Kier molecular flexibility index (Phi) is 5.60. The second-order valence-electron chi connectivity index (χ2n) is 5.81. The van der Waals surface area contributed by atoms with Gasteiger partial charge in [0.05, 0.1) is 10.7 Å². The van der Waals surface area contributed by atoms with E-state index >= 15 is 0 Å². The molecule has 0 unspecified atom stereocenters. The molecule has 8 nitrogen and oxygen atoms in total. The largest absolute Gasteiger partial charge is 0.480 e. The average Bonchev–Trinajstić information content (AvgIpc) is 2.64. The summed E-state index contributed by atoms with van der Waals surface area (Å²) in [6.07, 6.45) is 1.20. The molecule has 4 amide bonds. The first-order valence-electron chi connectivity index (χ1n) is 8.07. The number of carboxylic acid groups (broad SMARTS) is 1. The van der Waals surface area contributed by atoms with Crippen LogP contribution in [0.4, 0.5) is 14.9 Å². The van der Waals surface area contributed by atoms with Gasteiger partial charge < -0.3 is 9.84 Å². The highest BCUT2D eigenvalue weighted by Gasteiger charge is 2.36. The van der Waals surface area contributed by atoms with E-state index in [1.165, 1.54) is 36.4 Å². The number of nitrogens with one attached hydrogen (secondary N) is 1. The summed E-state index contributed by atoms with van der Waals surface area (Å²) in [4.78, 5) is 48.2. The second-order valence-corrected chi connectivity index (χ2v) is 6.22. The topological polar surface area (TPSA) is 113 Å². The van der Waals surface area contributed by atoms with Crippen LogP contribution >= 0.6 is 11.6 Å². The van der Waals surface area contributed by atoms with Crippen LogP contribution in [-0.2, 0) is 14.4 Å². The molecule has 1 aliphatic rings. The van der Waals surface area contributed by atoms with Crippen molar-refractivity contribution < 1.29 is 33.4 Å². The van der Waals surface area contributed by atoms with Crippen molar-refractivity contribution in [2.24, 2.45) is 0 Å². The predicted octanol–water partition coefficient (Wildman–Crippen LogP) is 2.61. The lowest BCUT2D eigenvalue weighted by molar-refractivity contribution is -0.139. The Labute approximate surface area is 168 Å². The molecule has 2 N–H and O–H groups in total. The Morgan fingerprint density at radius 2 is 1.97 bits per heavy atom. The monoisotopic (exact) mass is 418 g/mol. The van der Waals surface area contributed by atoms with Gasteiger partial charge >= 0.3 is 12.0 Å². The van der Waals surface area contributed by atoms with E-state index < -0.39 is 36.2 Å². The molecule has 0 radical (unpaired) electrons. The highest BCUT2D eigenvalue weighted by atomic mass is 35.5. The zero-order valence-electron chi connectivity index (χ0n) is 14.5. The van der Waals surface area contributed by atoms with Gasteiger partial charge in [-0.2, -0.15) is 0 Å². The highest BCUT2D eigenvalue weighted by Crippen LogP contribution is 2.28. The Morgan fingerprint density at radius 1 is 1.21 bits per heavy atom. The molecule has 0 spiro atoms. The SMILES string of the molecule is O=C(O)COc1ccc(/C=C2\C(=O)NC(=O)N(c3cccc(F)c3)C2=O)cc1Cl. The lowest BCUT2D eigenvalue weighted by Gasteiger charge is -2.26. The van der Waals surface area contributed by atoms with Crippen LogP contribution in [0.2, 0.25) is 5.02 Å². The summed E-state index contributed by atoms with van der Waals surface area (Å²) in [5, 5.41) is 10.7. The van der Waals surface area contributed by atoms with E-state index in [-0.39, 0.29) is 22.0 Å². The zero-order valence-corrected chi connectivity index (χ0v) is 15.3. The maximum atomic E-state index is 13.5. The van der Waals surface area contributed by atoms with Crippen molar-refractivity contribution in [1.29, 1.82) is 0 Å². The zero-order chi connectivity index (χ0) is 21.1. The van der Waals surface area contributed by atoms with Gasteiger partial charge in [-0.25, -0.2) is 18.9 Å². The molecular weight excluding hydrogens is 407 g/mol. The van der Waals surface area contributed by atoms with Gasteiger partial charge in [0, 0.05) is 0 Å². The molecule has 1 aliphatic heterocycles. The molecule has 29 heavy (non-hydrogen) atoms. The summed E-state index contributed by atoms with van der Waals surface area (Å²) in [6, 6.07) is 7.97. The van der Waals surface area contributed by atoms with E-state index in [0.717, 1.165) is 12.1 Å². The van der Waals surface area contributed by atoms with Crippen molar-refractivity contribution in [1.82, 2.24) is 5.32 Å². The maximum Gasteiger partial charge on any atom is 0.341 e. The Morgan fingerprint density at radius 3 is 2.62 bits per heavy atom. The van der Waals surface area contributed by atoms with Crippen molar-refractivity contribution in [3.8, 4) is 5.75 Å². The van der Waals surface area contributed by atoms with Gasteiger partial charge in [-0.3, -0.25) is 14.9 Å². The molecule has 1 fully saturated rings. The quantitative estimate of drug-likeness (QED) is 0.570.